The van der Waals surface area contributed by atoms with Crippen LogP contribution in [0.1, 0.15) is 11.7 Å². The quantitative estimate of drug-likeness (QED) is 0.634. The Labute approximate surface area is 122 Å². The molecule has 0 saturated carbocycles. The first kappa shape index (κ1) is 13.4. The minimum atomic E-state index is -0.633. The number of aromatic nitrogens is 3. The van der Waals surface area contributed by atoms with Gasteiger partial charge in [0.15, 0.2) is 5.82 Å². The minimum Gasteiger partial charge on any atom is -0.399 e. The van der Waals surface area contributed by atoms with Crippen LogP contribution < -0.4 is 11.1 Å². The predicted molar refractivity (Wildman–Crippen MR) is 82.8 cm³/mol. The SMILES string of the molecule is Cn1cnc2c(NCC(O)c3ccc(N)cc3)nccc21. The lowest BCUT2D eigenvalue weighted by atomic mass is 10.1. The number of hydrogen-bond donors (Lipinski definition) is 3. The number of aliphatic hydroxyl groups excluding tert-OH is 1. The predicted octanol–water partition coefficient (Wildman–Crippen LogP) is 1.70. The van der Waals surface area contributed by atoms with Crippen LogP contribution in [0.3, 0.4) is 0 Å². The molecule has 6 nitrogen and oxygen atoms in total. The average Bonchev–Trinajstić information content (AvgIpc) is 2.88. The second-order valence-corrected chi connectivity index (χ2v) is 4.95. The van der Waals surface area contributed by atoms with Gasteiger partial charge in [-0.05, 0) is 23.8 Å². The fourth-order valence-corrected chi connectivity index (χ4v) is 2.22. The molecule has 1 unspecified atom stereocenters. The molecule has 3 aromatic rings. The van der Waals surface area contributed by atoms with Crippen molar-refractivity contribution in [1.82, 2.24) is 14.5 Å². The Hall–Kier alpha value is -2.60. The van der Waals surface area contributed by atoms with Crippen LogP contribution in [0.2, 0.25) is 0 Å². The largest absolute Gasteiger partial charge is 0.399 e. The number of nitrogen functional groups attached to an aromatic ring is 1. The zero-order valence-corrected chi connectivity index (χ0v) is 11.7. The number of anilines is 2. The maximum Gasteiger partial charge on any atom is 0.154 e. The number of nitrogens with one attached hydrogen (secondary N) is 1. The Balaban J connectivity index is 1.75. The zero-order chi connectivity index (χ0) is 14.8. The van der Waals surface area contributed by atoms with E-state index in [2.05, 4.69) is 15.3 Å². The molecule has 2 heterocycles. The third kappa shape index (κ3) is 2.66. The molecule has 0 radical (unpaired) electrons. The van der Waals surface area contributed by atoms with Crippen LogP contribution in [0, 0.1) is 0 Å². The number of pyridine rings is 1. The standard InChI is InChI=1S/C15H17N5O/c1-20-9-19-14-12(20)6-7-17-15(14)18-8-13(21)10-2-4-11(16)5-3-10/h2-7,9,13,21H,8,16H2,1H3,(H,17,18). The lowest BCUT2D eigenvalue weighted by Crippen LogP contribution is -2.13. The fraction of sp³-hybridized carbons (Fsp3) is 0.200. The monoisotopic (exact) mass is 283 g/mol. The Kier molecular flexibility index (Phi) is 3.45. The molecule has 0 amide bonds. The van der Waals surface area contributed by atoms with E-state index in [9.17, 15) is 5.11 Å². The Morgan fingerprint density at radius 1 is 1.24 bits per heavy atom. The molecule has 1 aromatic carbocycles. The molecule has 0 aliphatic rings. The Bertz CT molecular complexity index is 750. The lowest BCUT2D eigenvalue weighted by Gasteiger charge is -2.13. The Morgan fingerprint density at radius 3 is 2.76 bits per heavy atom. The van der Waals surface area contributed by atoms with Crippen molar-refractivity contribution in [1.29, 1.82) is 0 Å². The van der Waals surface area contributed by atoms with Crippen molar-refractivity contribution in [3.05, 3.63) is 48.4 Å². The molecule has 0 saturated heterocycles. The summed E-state index contributed by atoms with van der Waals surface area (Å²) in [5.74, 6) is 0.669. The van der Waals surface area contributed by atoms with Crippen molar-refractivity contribution >= 4 is 22.5 Å². The van der Waals surface area contributed by atoms with Crippen LogP contribution in [-0.2, 0) is 7.05 Å². The van der Waals surface area contributed by atoms with Crippen LogP contribution in [0.25, 0.3) is 11.0 Å². The molecule has 0 aliphatic heterocycles. The number of fused-ring (bicyclic) bond motifs is 1. The second kappa shape index (κ2) is 5.41. The first-order valence-electron chi connectivity index (χ1n) is 6.68. The normalized spacial score (nSPS) is 12.5. The topological polar surface area (TPSA) is 89.0 Å². The van der Waals surface area contributed by atoms with E-state index in [4.69, 9.17) is 5.73 Å². The van der Waals surface area contributed by atoms with Crippen molar-refractivity contribution in [2.24, 2.45) is 7.05 Å². The van der Waals surface area contributed by atoms with Gasteiger partial charge in [0, 0.05) is 25.5 Å². The van der Waals surface area contributed by atoms with Crippen molar-refractivity contribution in [3.63, 3.8) is 0 Å². The smallest absolute Gasteiger partial charge is 0.154 e. The number of rotatable bonds is 4. The first-order valence-corrected chi connectivity index (χ1v) is 6.68. The highest BCUT2D eigenvalue weighted by atomic mass is 16.3. The van der Waals surface area contributed by atoms with E-state index >= 15 is 0 Å². The van der Waals surface area contributed by atoms with E-state index < -0.39 is 6.10 Å². The van der Waals surface area contributed by atoms with Crippen molar-refractivity contribution in [2.45, 2.75) is 6.10 Å². The molecule has 3 rings (SSSR count). The molecule has 21 heavy (non-hydrogen) atoms. The number of aliphatic hydroxyl groups is 1. The van der Waals surface area contributed by atoms with Crippen LogP contribution in [0.15, 0.2) is 42.9 Å². The summed E-state index contributed by atoms with van der Waals surface area (Å²) in [5.41, 5.74) is 8.92. The number of nitrogens with two attached hydrogens (primary N) is 1. The molecule has 0 fully saturated rings. The van der Waals surface area contributed by atoms with Crippen LogP contribution in [0.5, 0.6) is 0 Å². The summed E-state index contributed by atoms with van der Waals surface area (Å²) in [5, 5.41) is 13.3. The van der Waals surface area contributed by atoms with Gasteiger partial charge in [-0.1, -0.05) is 12.1 Å². The minimum absolute atomic E-state index is 0.354. The Morgan fingerprint density at radius 2 is 2.00 bits per heavy atom. The van der Waals surface area contributed by atoms with Crippen molar-refractivity contribution in [3.8, 4) is 0 Å². The van der Waals surface area contributed by atoms with E-state index in [0.29, 0.717) is 18.1 Å². The van der Waals surface area contributed by atoms with Gasteiger partial charge in [0.05, 0.1) is 17.9 Å². The summed E-state index contributed by atoms with van der Waals surface area (Å²) < 4.78 is 1.93. The third-order valence-electron chi connectivity index (χ3n) is 3.43. The summed E-state index contributed by atoms with van der Waals surface area (Å²) >= 11 is 0. The van der Waals surface area contributed by atoms with Gasteiger partial charge in [-0.25, -0.2) is 9.97 Å². The van der Waals surface area contributed by atoms with Crippen LogP contribution in [-0.4, -0.2) is 26.2 Å². The fourth-order valence-electron chi connectivity index (χ4n) is 2.22. The third-order valence-corrected chi connectivity index (χ3v) is 3.43. The number of nitrogens with zero attached hydrogens (tertiary/aromatic N) is 3. The average molecular weight is 283 g/mol. The molecule has 0 aliphatic carbocycles. The van der Waals surface area contributed by atoms with Gasteiger partial charge >= 0.3 is 0 Å². The number of benzene rings is 1. The molecule has 1 atom stereocenters. The van der Waals surface area contributed by atoms with Gasteiger partial charge in [0.25, 0.3) is 0 Å². The molecule has 4 N–H and O–H groups in total. The molecular weight excluding hydrogens is 266 g/mol. The highest BCUT2D eigenvalue weighted by Gasteiger charge is 2.10. The summed E-state index contributed by atoms with van der Waals surface area (Å²) in [6, 6.07) is 9.09. The van der Waals surface area contributed by atoms with Crippen molar-refractivity contribution < 1.29 is 5.11 Å². The molecular formula is C15H17N5O. The van der Waals surface area contributed by atoms with Gasteiger partial charge in [-0.3, -0.25) is 0 Å². The molecule has 0 bridgehead atoms. The van der Waals surface area contributed by atoms with Crippen LogP contribution in [0.4, 0.5) is 11.5 Å². The summed E-state index contributed by atoms with van der Waals surface area (Å²) in [6.07, 6.45) is 2.84. The summed E-state index contributed by atoms with van der Waals surface area (Å²) in [6.45, 7) is 0.354. The van der Waals surface area contributed by atoms with E-state index in [1.807, 2.05) is 29.8 Å². The number of hydrogen-bond acceptors (Lipinski definition) is 5. The maximum absolute atomic E-state index is 10.2. The number of aryl methyl sites for hydroxylation is 1. The van der Waals surface area contributed by atoms with Gasteiger partial charge in [-0.2, -0.15) is 0 Å². The molecule has 108 valence electrons. The summed E-state index contributed by atoms with van der Waals surface area (Å²) in [4.78, 5) is 8.60. The lowest BCUT2D eigenvalue weighted by molar-refractivity contribution is 0.191. The summed E-state index contributed by atoms with van der Waals surface area (Å²) in [7, 11) is 1.93. The van der Waals surface area contributed by atoms with Gasteiger partial charge in [0.1, 0.15) is 5.52 Å². The van der Waals surface area contributed by atoms with E-state index in [0.717, 1.165) is 16.6 Å². The van der Waals surface area contributed by atoms with Gasteiger partial charge < -0.3 is 20.7 Å². The van der Waals surface area contributed by atoms with Gasteiger partial charge in [0.2, 0.25) is 0 Å². The molecule has 2 aromatic heterocycles. The van der Waals surface area contributed by atoms with E-state index in [1.165, 1.54) is 0 Å². The highest BCUT2D eigenvalue weighted by Crippen LogP contribution is 2.20. The highest BCUT2D eigenvalue weighted by molar-refractivity contribution is 5.85. The van der Waals surface area contributed by atoms with Crippen LogP contribution >= 0.6 is 0 Å². The maximum atomic E-state index is 10.2. The molecule has 0 spiro atoms. The van der Waals surface area contributed by atoms with E-state index in [1.54, 1.807) is 24.7 Å². The van der Waals surface area contributed by atoms with E-state index in [-0.39, 0.29) is 0 Å². The zero-order valence-electron chi connectivity index (χ0n) is 11.7. The first-order chi connectivity index (χ1) is 10.1. The second-order valence-electron chi connectivity index (χ2n) is 4.95. The van der Waals surface area contributed by atoms with Gasteiger partial charge in [-0.15, -0.1) is 0 Å². The number of imidazole rings is 1. The van der Waals surface area contributed by atoms with Crippen molar-refractivity contribution in [2.75, 3.05) is 17.6 Å². The molecule has 6 heteroatoms.